The van der Waals surface area contributed by atoms with E-state index in [1.807, 2.05) is 50.5 Å². The smallest absolute Gasteiger partial charge is 0.289 e. The summed E-state index contributed by atoms with van der Waals surface area (Å²) in [6, 6.07) is 7.18. The largest absolute Gasteiger partial charge is 0.482 e. The molecule has 156 valence electrons. The Labute approximate surface area is 178 Å². The zero-order valence-corrected chi connectivity index (χ0v) is 18.5. The normalized spacial score (nSPS) is 14.6. The van der Waals surface area contributed by atoms with Crippen LogP contribution in [0.2, 0.25) is 5.02 Å². The summed E-state index contributed by atoms with van der Waals surface area (Å²) in [7, 11) is 0.0643. The maximum Gasteiger partial charge on any atom is 0.289 e. The van der Waals surface area contributed by atoms with E-state index >= 15 is 0 Å². The van der Waals surface area contributed by atoms with Crippen LogP contribution in [0.4, 0.5) is 0 Å². The van der Waals surface area contributed by atoms with Crippen molar-refractivity contribution < 1.29 is 14.6 Å². The summed E-state index contributed by atoms with van der Waals surface area (Å²) in [4.78, 5) is 20.7. The van der Waals surface area contributed by atoms with Crippen molar-refractivity contribution in [3.63, 3.8) is 0 Å². The second-order valence-electron chi connectivity index (χ2n) is 6.38. The molecule has 0 aliphatic carbocycles. The lowest BCUT2D eigenvalue weighted by Crippen LogP contribution is -2.32. The van der Waals surface area contributed by atoms with E-state index in [-0.39, 0.29) is 40.8 Å². The third kappa shape index (κ3) is 6.66. The van der Waals surface area contributed by atoms with Crippen molar-refractivity contribution in [3.05, 3.63) is 64.1 Å². The van der Waals surface area contributed by atoms with Gasteiger partial charge in [0.1, 0.15) is 11.8 Å². The van der Waals surface area contributed by atoms with Gasteiger partial charge in [-0.3, -0.25) is 4.79 Å². The number of amides is 1. The van der Waals surface area contributed by atoms with E-state index in [0.29, 0.717) is 10.8 Å². The van der Waals surface area contributed by atoms with Gasteiger partial charge in [-0.15, -0.1) is 0 Å². The van der Waals surface area contributed by atoms with E-state index in [9.17, 15) is 9.90 Å². The third-order valence-electron chi connectivity index (χ3n) is 4.14. The minimum Gasteiger partial charge on any atom is -0.482 e. The summed E-state index contributed by atoms with van der Waals surface area (Å²) >= 11 is 6.21. The molecule has 1 aromatic heterocycles. The second kappa shape index (κ2) is 11.1. The Kier molecular flexibility index (Phi) is 8.82. The van der Waals surface area contributed by atoms with Gasteiger partial charge in [0.05, 0.1) is 12.8 Å². The highest BCUT2D eigenvalue weighted by molar-refractivity contribution is 8.16. The van der Waals surface area contributed by atoms with Crippen LogP contribution in [0.5, 0.6) is 5.75 Å². The van der Waals surface area contributed by atoms with Gasteiger partial charge in [0.2, 0.25) is 5.82 Å². The van der Waals surface area contributed by atoms with Crippen LogP contribution in [0.1, 0.15) is 48.8 Å². The molecule has 1 unspecified atom stereocenters. The number of benzene rings is 1. The first kappa shape index (κ1) is 23.1. The molecular weight excluding hydrogens is 410 g/mol. The molecule has 0 saturated heterocycles. The van der Waals surface area contributed by atoms with Gasteiger partial charge in [0.25, 0.3) is 5.91 Å². The topological polar surface area (TPSA) is 84.3 Å². The van der Waals surface area contributed by atoms with Crippen molar-refractivity contribution in [1.29, 1.82) is 0 Å². The van der Waals surface area contributed by atoms with Crippen LogP contribution in [-0.4, -0.2) is 38.6 Å². The van der Waals surface area contributed by atoms with Gasteiger partial charge in [-0.25, -0.2) is 9.97 Å². The Morgan fingerprint density at radius 3 is 2.76 bits per heavy atom. The Bertz CT molecular complexity index is 918. The Morgan fingerprint density at radius 1 is 1.38 bits per heavy atom. The Morgan fingerprint density at radius 2 is 2.10 bits per heavy atom. The maximum absolute atomic E-state index is 12.4. The highest BCUT2D eigenvalue weighted by Gasteiger charge is 2.18. The number of nitrogens with zero attached hydrogens (tertiary/aromatic N) is 2. The molecule has 0 aliphatic rings. The predicted molar refractivity (Wildman–Crippen MR) is 120 cm³/mol. The number of aliphatic hydroxyl groups excluding tert-OH is 1. The monoisotopic (exact) mass is 435 g/mol. The molecule has 0 bridgehead atoms. The number of carbonyl (C=O) groups is 1. The van der Waals surface area contributed by atoms with Crippen molar-refractivity contribution in [1.82, 2.24) is 15.3 Å². The van der Waals surface area contributed by atoms with E-state index in [4.69, 9.17) is 16.3 Å². The number of ether oxygens (including phenoxy) is 1. The SMILES string of the molecule is C/C=S(C)\C=C\[C@@H](C)NC(=O)c1ncc(O[C@@H](C)c2ccccc2Cl)c(CO)n1. The lowest BCUT2D eigenvalue weighted by atomic mass is 10.1. The molecular formula is C21H26ClN3O3S. The first-order valence-electron chi connectivity index (χ1n) is 9.15. The van der Waals surface area contributed by atoms with Gasteiger partial charge in [-0.2, -0.15) is 10.5 Å². The van der Waals surface area contributed by atoms with Crippen LogP contribution in [-0.2, 0) is 6.61 Å². The quantitative estimate of drug-likeness (QED) is 0.609. The van der Waals surface area contributed by atoms with Crippen LogP contribution in [0.3, 0.4) is 0 Å². The molecule has 2 aromatic rings. The molecule has 0 fully saturated rings. The van der Waals surface area contributed by atoms with Crippen LogP contribution >= 0.6 is 22.1 Å². The number of aliphatic hydroxyl groups is 1. The van der Waals surface area contributed by atoms with Crippen molar-refractivity contribution in [2.75, 3.05) is 6.26 Å². The van der Waals surface area contributed by atoms with Crippen LogP contribution < -0.4 is 10.1 Å². The number of rotatable bonds is 8. The fraction of sp³-hybridized carbons (Fsp3) is 0.333. The molecule has 3 atom stereocenters. The number of carbonyl (C=O) groups excluding carboxylic acids is 1. The fourth-order valence-electron chi connectivity index (χ4n) is 2.43. The van der Waals surface area contributed by atoms with E-state index in [2.05, 4.69) is 26.9 Å². The van der Waals surface area contributed by atoms with Gasteiger partial charge in [0, 0.05) is 16.6 Å². The van der Waals surface area contributed by atoms with Crippen molar-refractivity contribution in [2.45, 2.75) is 39.5 Å². The number of hydrogen-bond donors (Lipinski definition) is 2. The molecule has 1 heterocycles. The summed E-state index contributed by atoms with van der Waals surface area (Å²) in [5, 5.41) is 17.2. The van der Waals surface area contributed by atoms with E-state index < -0.39 is 5.91 Å². The summed E-state index contributed by atoms with van der Waals surface area (Å²) < 4.78 is 5.88. The lowest BCUT2D eigenvalue weighted by Gasteiger charge is -2.18. The van der Waals surface area contributed by atoms with E-state index in [1.165, 1.54) is 6.20 Å². The highest BCUT2D eigenvalue weighted by Crippen LogP contribution is 2.28. The Balaban J connectivity index is 2.12. The van der Waals surface area contributed by atoms with Gasteiger partial charge in [-0.1, -0.05) is 41.2 Å². The number of halogens is 1. The number of nitrogens with one attached hydrogen (secondary N) is 1. The second-order valence-corrected chi connectivity index (χ2v) is 8.74. The first-order valence-corrected chi connectivity index (χ1v) is 11.3. The molecule has 0 saturated carbocycles. The van der Waals surface area contributed by atoms with Crippen LogP contribution in [0.25, 0.3) is 0 Å². The van der Waals surface area contributed by atoms with Gasteiger partial charge in [-0.05, 0) is 38.5 Å². The molecule has 0 spiro atoms. The molecule has 0 aliphatic heterocycles. The van der Waals surface area contributed by atoms with Gasteiger partial charge in [0.15, 0.2) is 5.75 Å². The summed E-state index contributed by atoms with van der Waals surface area (Å²) in [5.74, 6) is -0.137. The average molecular weight is 436 g/mol. The fourth-order valence-corrected chi connectivity index (χ4v) is 3.36. The van der Waals surface area contributed by atoms with Crippen molar-refractivity contribution in [3.8, 4) is 5.75 Å². The minimum atomic E-state index is -0.418. The molecule has 29 heavy (non-hydrogen) atoms. The average Bonchev–Trinajstić information content (AvgIpc) is 2.72. The molecule has 1 aromatic carbocycles. The first-order chi connectivity index (χ1) is 13.8. The maximum atomic E-state index is 12.4. The Hall–Kier alpha value is -2.22. The summed E-state index contributed by atoms with van der Waals surface area (Å²) in [5.41, 5.74) is 1.04. The van der Waals surface area contributed by atoms with Crippen molar-refractivity contribution >= 4 is 33.4 Å². The third-order valence-corrected chi connectivity index (χ3v) is 5.82. The molecule has 6 nitrogen and oxygen atoms in total. The van der Waals surface area contributed by atoms with E-state index in [0.717, 1.165) is 5.56 Å². The molecule has 2 rings (SSSR count). The predicted octanol–water partition coefficient (Wildman–Crippen LogP) is 4.12. The molecule has 8 heteroatoms. The number of hydrogen-bond acceptors (Lipinski definition) is 5. The lowest BCUT2D eigenvalue weighted by molar-refractivity contribution is 0.0935. The van der Waals surface area contributed by atoms with Crippen LogP contribution in [0, 0.1) is 0 Å². The van der Waals surface area contributed by atoms with Crippen LogP contribution in [0.15, 0.2) is 41.9 Å². The number of aromatic nitrogens is 2. The molecule has 0 radical (unpaired) electrons. The van der Waals surface area contributed by atoms with Gasteiger partial charge < -0.3 is 15.2 Å². The zero-order chi connectivity index (χ0) is 21.4. The minimum absolute atomic E-state index is 0.0235. The zero-order valence-electron chi connectivity index (χ0n) is 16.9. The summed E-state index contributed by atoms with van der Waals surface area (Å²) in [6.07, 6.45) is 5.04. The summed E-state index contributed by atoms with van der Waals surface area (Å²) in [6.45, 7) is 5.33. The standard InChI is InChI=1S/C21H26ClN3O3S/c1-5-29(4)11-10-14(2)24-21(27)20-23-12-19(18(13-26)25-20)28-15(3)16-8-6-7-9-17(16)22/h5-12,14-15,26H,13H2,1-4H3,(H,24,27)/b11-10+/t14-,15+,29?/m1/s1. The van der Waals surface area contributed by atoms with E-state index in [1.54, 1.807) is 6.07 Å². The van der Waals surface area contributed by atoms with Crippen molar-refractivity contribution in [2.24, 2.45) is 0 Å². The highest BCUT2D eigenvalue weighted by atomic mass is 35.5. The molecule has 1 amide bonds. The van der Waals surface area contributed by atoms with Gasteiger partial charge >= 0.3 is 0 Å². The molecule has 2 N–H and O–H groups in total.